The normalized spacial score (nSPS) is 10.5. The molecule has 0 aromatic carbocycles. The fraction of sp³-hybridized carbons (Fsp3) is 0.900. The maximum absolute atomic E-state index is 10.9. The monoisotopic (exact) mass is 187 g/mol. The van der Waals surface area contributed by atoms with Crippen LogP contribution in [0.5, 0.6) is 0 Å². The van der Waals surface area contributed by atoms with Crippen LogP contribution in [-0.2, 0) is 9.53 Å². The molecule has 78 valence electrons. The molecule has 13 heavy (non-hydrogen) atoms. The minimum absolute atomic E-state index is 0.159. The molecule has 0 aliphatic heterocycles. The summed E-state index contributed by atoms with van der Waals surface area (Å²) in [6.07, 6.45) is 2.32. The Hall–Kier alpha value is -0.570. The molecule has 0 unspecified atom stereocenters. The Labute approximate surface area is 80.8 Å². The zero-order chi connectivity index (χ0) is 10.1. The average molecular weight is 187 g/mol. The van der Waals surface area contributed by atoms with Gasteiger partial charge in [0.05, 0.1) is 13.2 Å². The van der Waals surface area contributed by atoms with Crippen LogP contribution in [0.2, 0.25) is 0 Å². The molecule has 0 aromatic rings. The van der Waals surface area contributed by atoms with E-state index in [9.17, 15) is 4.79 Å². The fourth-order valence-corrected chi connectivity index (χ4v) is 1.17. The van der Waals surface area contributed by atoms with Crippen LogP contribution < -0.4 is 5.32 Å². The predicted molar refractivity (Wildman–Crippen MR) is 53.6 cm³/mol. The van der Waals surface area contributed by atoms with Gasteiger partial charge in [-0.15, -0.1) is 0 Å². The summed E-state index contributed by atoms with van der Waals surface area (Å²) >= 11 is 0. The van der Waals surface area contributed by atoms with Gasteiger partial charge < -0.3 is 10.1 Å². The number of carbonyl (C=O) groups excluding carboxylic acids is 1. The van der Waals surface area contributed by atoms with Crippen molar-refractivity contribution in [2.75, 3.05) is 19.7 Å². The first kappa shape index (κ1) is 12.4. The Bertz CT molecular complexity index is 133. The summed E-state index contributed by atoms with van der Waals surface area (Å²) < 4.78 is 4.79. The molecule has 1 N–H and O–H groups in total. The van der Waals surface area contributed by atoms with E-state index in [-0.39, 0.29) is 5.97 Å². The van der Waals surface area contributed by atoms with Crippen molar-refractivity contribution in [1.29, 1.82) is 0 Å². The molecule has 0 saturated carbocycles. The Morgan fingerprint density at radius 2 is 1.92 bits per heavy atom. The Morgan fingerprint density at radius 3 is 2.38 bits per heavy atom. The van der Waals surface area contributed by atoms with Crippen molar-refractivity contribution in [2.24, 2.45) is 5.92 Å². The van der Waals surface area contributed by atoms with Crippen LogP contribution in [0.4, 0.5) is 0 Å². The van der Waals surface area contributed by atoms with E-state index >= 15 is 0 Å². The summed E-state index contributed by atoms with van der Waals surface area (Å²) in [4.78, 5) is 10.9. The van der Waals surface area contributed by atoms with Crippen molar-refractivity contribution in [3.63, 3.8) is 0 Å². The number of rotatable bonds is 7. The number of hydrogen-bond donors (Lipinski definition) is 1. The molecule has 3 heteroatoms. The highest BCUT2D eigenvalue weighted by Crippen LogP contribution is 2.04. The fourth-order valence-electron chi connectivity index (χ4n) is 1.17. The highest BCUT2D eigenvalue weighted by atomic mass is 16.5. The highest BCUT2D eigenvalue weighted by Gasteiger charge is 2.04. The molecular formula is C10H21NO2. The average Bonchev–Trinajstić information content (AvgIpc) is 2.13. The predicted octanol–water partition coefficient (Wildman–Crippen LogP) is 1.58. The Kier molecular flexibility index (Phi) is 7.69. The van der Waals surface area contributed by atoms with Gasteiger partial charge in [-0.2, -0.15) is 0 Å². The lowest BCUT2D eigenvalue weighted by Crippen LogP contribution is -2.29. The van der Waals surface area contributed by atoms with E-state index in [2.05, 4.69) is 19.2 Å². The first-order valence-corrected chi connectivity index (χ1v) is 5.10. The highest BCUT2D eigenvalue weighted by molar-refractivity contribution is 5.71. The second-order valence-electron chi connectivity index (χ2n) is 3.12. The van der Waals surface area contributed by atoms with Gasteiger partial charge in [-0.3, -0.25) is 4.79 Å². The lowest BCUT2D eigenvalue weighted by molar-refractivity contribution is -0.142. The zero-order valence-corrected chi connectivity index (χ0v) is 8.93. The van der Waals surface area contributed by atoms with Crippen molar-refractivity contribution in [3.05, 3.63) is 0 Å². The molecule has 0 fully saturated rings. The van der Waals surface area contributed by atoms with Crippen LogP contribution in [0.1, 0.15) is 33.6 Å². The standard InChI is InChI=1S/C10H21NO2/c1-4-9(5-2)7-11-8-10(12)13-6-3/h9,11H,4-8H2,1-3H3. The lowest BCUT2D eigenvalue weighted by atomic mass is 10.0. The van der Waals surface area contributed by atoms with Gasteiger partial charge in [0.25, 0.3) is 0 Å². The molecule has 0 rings (SSSR count). The zero-order valence-electron chi connectivity index (χ0n) is 8.93. The van der Waals surface area contributed by atoms with Crippen LogP contribution in [0.3, 0.4) is 0 Å². The summed E-state index contributed by atoms with van der Waals surface area (Å²) in [6, 6.07) is 0. The molecule has 0 radical (unpaired) electrons. The van der Waals surface area contributed by atoms with Gasteiger partial charge in [0.15, 0.2) is 0 Å². The first-order chi connectivity index (χ1) is 6.24. The summed E-state index contributed by atoms with van der Waals surface area (Å²) in [6.45, 7) is 7.86. The Morgan fingerprint density at radius 1 is 1.31 bits per heavy atom. The molecule has 0 aromatic heterocycles. The molecule has 0 spiro atoms. The van der Waals surface area contributed by atoms with E-state index in [1.54, 1.807) is 0 Å². The van der Waals surface area contributed by atoms with Crippen LogP contribution in [0, 0.1) is 5.92 Å². The van der Waals surface area contributed by atoms with Crippen LogP contribution in [0.15, 0.2) is 0 Å². The van der Waals surface area contributed by atoms with Crippen LogP contribution in [-0.4, -0.2) is 25.7 Å². The third kappa shape index (κ3) is 6.58. The number of esters is 1. The molecule has 0 aliphatic rings. The van der Waals surface area contributed by atoms with Crippen molar-refractivity contribution in [2.45, 2.75) is 33.6 Å². The second-order valence-corrected chi connectivity index (χ2v) is 3.12. The van der Waals surface area contributed by atoms with Gasteiger partial charge in [-0.25, -0.2) is 0 Å². The van der Waals surface area contributed by atoms with Crippen molar-refractivity contribution < 1.29 is 9.53 Å². The van der Waals surface area contributed by atoms with E-state index in [0.29, 0.717) is 19.1 Å². The summed E-state index contributed by atoms with van der Waals surface area (Å²) in [7, 11) is 0. The largest absolute Gasteiger partial charge is 0.465 e. The smallest absolute Gasteiger partial charge is 0.319 e. The molecule has 0 bridgehead atoms. The molecule has 3 nitrogen and oxygen atoms in total. The number of nitrogens with one attached hydrogen (secondary N) is 1. The van der Waals surface area contributed by atoms with Gasteiger partial charge in [-0.05, 0) is 19.4 Å². The van der Waals surface area contributed by atoms with Crippen LogP contribution >= 0.6 is 0 Å². The Balaban J connectivity index is 3.37. The number of hydrogen-bond acceptors (Lipinski definition) is 3. The number of carbonyl (C=O) groups is 1. The van der Waals surface area contributed by atoms with Gasteiger partial charge in [0.1, 0.15) is 0 Å². The maximum Gasteiger partial charge on any atom is 0.319 e. The van der Waals surface area contributed by atoms with Crippen molar-refractivity contribution in [1.82, 2.24) is 5.32 Å². The summed E-state index contributed by atoms with van der Waals surface area (Å²) in [5.74, 6) is 0.517. The minimum atomic E-state index is -0.159. The molecule has 0 atom stereocenters. The topological polar surface area (TPSA) is 38.3 Å². The van der Waals surface area contributed by atoms with Gasteiger partial charge in [0, 0.05) is 0 Å². The van der Waals surface area contributed by atoms with Gasteiger partial charge in [-0.1, -0.05) is 26.7 Å². The van der Waals surface area contributed by atoms with Crippen molar-refractivity contribution >= 4 is 5.97 Å². The quantitative estimate of drug-likeness (QED) is 0.615. The SMILES string of the molecule is CCOC(=O)CNCC(CC)CC. The lowest BCUT2D eigenvalue weighted by Gasteiger charge is -2.12. The first-order valence-electron chi connectivity index (χ1n) is 5.10. The maximum atomic E-state index is 10.9. The molecular weight excluding hydrogens is 166 g/mol. The van der Waals surface area contributed by atoms with Gasteiger partial charge in [0.2, 0.25) is 0 Å². The number of ether oxygens (including phenoxy) is 1. The second kappa shape index (κ2) is 8.05. The van der Waals surface area contributed by atoms with E-state index in [4.69, 9.17) is 4.74 Å². The minimum Gasteiger partial charge on any atom is -0.465 e. The summed E-state index contributed by atoms with van der Waals surface area (Å²) in [5, 5.41) is 3.10. The van der Waals surface area contributed by atoms with E-state index in [0.717, 1.165) is 19.4 Å². The molecule has 0 heterocycles. The van der Waals surface area contributed by atoms with Gasteiger partial charge >= 0.3 is 5.97 Å². The molecule has 0 amide bonds. The third-order valence-electron chi connectivity index (χ3n) is 2.16. The van der Waals surface area contributed by atoms with E-state index < -0.39 is 0 Å². The van der Waals surface area contributed by atoms with E-state index in [1.165, 1.54) is 0 Å². The molecule has 0 saturated heterocycles. The third-order valence-corrected chi connectivity index (χ3v) is 2.16. The van der Waals surface area contributed by atoms with E-state index in [1.807, 2.05) is 6.92 Å². The summed E-state index contributed by atoms with van der Waals surface area (Å²) in [5.41, 5.74) is 0. The molecule has 0 aliphatic carbocycles. The van der Waals surface area contributed by atoms with Crippen LogP contribution in [0.25, 0.3) is 0 Å². The van der Waals surface area contributed by atoms with Crippen molar-refractivity contribution in [3.8, 4) is 0 Å².